The number of amides is 1. The van der Waals surface area contributed by atoms with Gasteiger partial charge in [-0.05, 0) is 68.7 Å². The number of carbonyl (C=O) groups is 2. The number of benzene rings is 2. The molecule has 8 nitrogen and oxygen atoms in total. The molecule has 47 heavy (non-hydrogen) atoms. The third kappa shape index (κ3) is 4.24. The number of hydrogen-bond donors (Lipinski definition) is 1. The maximum Gasteiger partial charge on any atom is 0.328 e. The normalized spacial score (nSPS) is 27.7. The van der Waals surface area contributed by atoms with Crippen LogP contribution in [0.1, 0.15) is 61.1 Å². The second-order valence-corrected chi connectivity index (χ2v) is 14.7. The fourth-order valence-corrected chi connectivity index (χ4v) is 9.29. The number of hydrogen-bond acceptors (Lipinski definition) is 6. The monoisotopic (exact) mass is 671 g/mol. The number of rotatable bonds is 6. The molecule has 1 amide bonds. The van der Waals surface area contributed by atoms with E-state index in [2.05, 4.69) is 22.0 Å². The van der Waals surface area contributed by atoms with Gasteiger partial charge in [-0.2, -0.15) is 5.26 Å². The Hall–Kier alpha value is -3.71. The fraction of sp³-hybridized carbons (Fsp3) is 0.444. The van der Waals surface area contributed by atoms with Crippen molar-refractivity contribution in [1.82, 2.24) is 19.8 Å². The van der Waals surface area contributed by atoms with Crippen LogP contribution in [0.25, 0.3) is 32.9 Å². The minimum absolute atomic E-state index is 0.0282. The van der Waals surface area contributed by atoms with E-state index in [4.69, 9.17) is 32.9 Å². The van der Waals surface area contributed by atoms with E-state index in [0.29, 0.717) is 51.6 Å². The zero-order valence-electron chi connectivity index (χ0n) is 25.7. The predicted octanol–water partition coefficient (Wildman–Crippen LogP) is 6.82. The molecule has 240 valence electrons. The molecule has 4 aromatic rings. The van der Waals surface area contributed by atoms with Gasteiger partial charge in [-0.1, -0.05) is 35.3 Å². The van der Waals surface area contributed by atoms with Crippen LogP contribution < -0.4 is 5.32 Å². The van der Waals surface area contributed by atoms with Gasteiger partial charge in [0.1, 0.15) is 11.6 Å². The van der Waals surface area contributed by atoms with Crippen LogP contribution in [0, 0.1) is 41.8 Å². The summed E-state index contributed by atoms with van der Waals surface area (Å²) in [6.07, 6.45) is 3.81. The van der Waals surface area contributed by atoms with Crippen LogP contribution in [0.2, 0.25) is 10.0 Å². The Morgan fingerprint density at radius 1 is 1.19 bits per heavy atom. The Morgan fingerprint density at radius 3 is 2.74 bits per heavy atom. The van der Waals surface area contributed by atoms with E-state index in [1.165, 1.54) is 0 Å². The Morgan fingerprint density at radius 2 is 2.02 bits per heavy atom. The minimum Gasteiger partial charge on any atom is -0.464 e. The van der Waals surface area contributed by atoms with Gasteiger partial charge in [0, 0.05) is 64.1 Å². The first-order valence-electron chi connectivity index (χ1n) is 16.5. The van der Waals surface area contributed by atoms with Crippen LogP contribution in [0.5, 0.6) is 0 Å². The van der Waals surface area contributed by atoms with Gasteiger partial charge in [0.05, 0.1) is 40.3 Å². The lowest BCUT2D eigenvalue weighted by atomic mass is 9.79. The van der Waals surface area contributed by atoms with Gasteiger partial charge >= 0.3 is 5.97 Å². The molecule has 6 fully saturated rings. The van der Waals surface area contributed by atoms with Gasteiger partial charge in [-0.15, -0.1) is 0 Å². The van der Waals surface area contributed by atoms with Gasteiger partial charge in [-0.3, -0.25) is 4.79 Å². The van der Waals surface area contributed by atoms with E-state index < -0.39 is 11.9 Å². The van der Waals surface area contributed by atoms with Crippen molar-refractivity contribution >= 4 is 56.9 Å². The maximum atomic E-state index is 17.1. The van der Waals surface area contributed by atoms with Crippen LogP contribution >= 0.6 is 23.2 Å². The first-order chi connectivity index (χ1) is 22.8. The second-order valence-electron chi connectivity index (χ2n) is 13.9. The van der Waals surface area contributed by atoms with Gasteiger partial charge in [0.15, 0.2) is 5.82 Å². The van der Waals surface area contributed by atoms with E-state index in [1.807, 2.05) is 17.9 Å². The molecular weight excluding hydrogens is 640 g/mol. The number of ether oxygens (including phenoxy) is 1. The number of aromatic nitrogens is 2. The summed E-state index contributed by atoms with van der Waals surface area (Å²) in [5, 5.41) is 15.3. The number of nitrogens with one attached hydrogen (secondary N) is 1. The molecular formula is C36H32Cl2FN5O3. The first kappa shape index (κ1) is 29.4. The first-order valence-corrected chi connectivity index (χ1v) is 17.2. The quantitative estimate of drug-likeness (QED) is 0.226. The largest absolute Gasteiger partial charge is 0.464 e. The summed E-state index contributed by atoms with van der Waals surface area (Å²) in [6, 6.07) is 10.9. The van der Waals surface area contributed by atoms with Crippen LogP contribution in [0.15, 0.2) is 30.3 Å². The number of nitrogens with zero attached hydrogens (tertiary/aromatic N) is 4. The molecule has 4 bridgehead atoms. The molecule has 11 heteroatoms. The molecule has 2 saturated carbocycles. The molecule has 6 heterocycles. The summed E-state index contributed by atoms with van der Waals surface area (Å²) in [5.74, 6) is -0.507. The molecule has 0 unspecified atom stereocenters. The van der Waals surface area contributed by atoms with Crippen LogP contribution in [0.4, 0.5) is 4.39 Å². The highest BCUT2D eigenvalue weighted by molar-refractivity contribution is 6.43. The standard InChI is InChI=1S/C36H32Cl2FN5O3/c1-16-22-13-26(33-20-12-27(36(46)47-15-20)44(33)35(45)17-7-8-17)43(32-19-11-25(32)41-14-19)34(22)23-10-18(4-3-9-40)28(30(39)31(23)42-16)21-5-2-6-24(37)29(21)38/h2,5-6,10,13,17,19-20,25,27,32-33,41H,3-4,7-8,11-12,14-15H2,1H3/t19-,20+,25-,27-,32+,33-/m1/s1. The molecule has 4 aliphatic heterocycles. The zero-order valence-corrected chi connectivity index (χ0v) is 27.2. The number of likely N-dealkylation sites (tertiary alicyclic amines) is 1. The van der Waals surface area contributed by atoms with E-state index in [0.717, 1.165) is 42.4 Å². The molecule has 6 aliphatic rings. The highest BCUT2D eigenvalue weighted by Gasteiger charge is 2.56. The third-order valence-electron chi connectivity index (χ3n) is 11.2. The zero-order chi connectivity index (χ0) is 32.3. The summed E-state index contributed by atoms with van der Waals surface area (Å²) in [7, 11) is 0. The summed E-state index contributed by atoms with van der Waals surface area (Å²) < 4.78 is 25.1. The maximum absolute atomic E-state index is 17.1. The van der Waals surface area contributed by atoms with Gasteiger partial charge < -0.3 is 19.5 Å². The lowest BCUT2D eigenvalue weighted by Crippen LogP contribution is -2.44. The number of esters is 1. The molecule has 4 saturated heterocycles. The molecule has 1 N–H and O–H groups in total. The SMILES string of the molecule is Cc1nc2c(F)c(-c3cccc(Cl)c3Cl)c(CCC#N)cc2c2c1cc([C@H]1[C@@H]3COC(=O)[C@@H](C3)N1C(=O)C1CC1)n2[C@H]1[C@H]2CN[C@@H]1C2. The molecule has 2 aliphatic carbocycles. The topological polar surface area (TPSA) is 100 Å². The highest BCUT2D eigenvalue weighted by atomic mass is 35.5. The van der Waals surface area contributed by atoms with Crippen LogP contribution in [0.3, 0.4) is 0 Å². The van der Waals surface area contributed by atoms with Crippen LogP contribution in [-0.4, -0.2) is 51.6 Å². The number of nitriles is 1. The number of aryl methyl sites for hydroxylation is 2. The molecule has 6 atom stereocenters. The second kappa shape index (κ2) is 10.6. The lowest BCUT2D eigenvalue weighted by molar-refractivity contribution is -0.155. The van der Waals surface area contributed by atoms with Crippen molar-refractivity contribution in [3.05, 3.63) is 63.1 Å². The smallest absolute Gasteiger partial charge is 0.328 e. The minimum atomic E-state index is -0.592. The van der Waals surface area contributed by atoms with Crippen molar-refractivity contribution in [2.24, 2.45) is 17.8 Å². The highest BCUT2D eigenvalue weighted by Crippen LogP contribution is 2.53. The lowest BCUT2D eigenvalue weighted by Gasteiger charge is -2.40. The fourth-order valence-electron chi connectivity index (χ4n) is 8.89. The molecule has 0 radical (unpaired) electrons. The Balaban J connectivity index is 1.34. The number of pyridine rings is 1. The molecule has 2 aromatic carbocycles. The number of halogens is 3. The third-order valence-corrected chi connectivity index (χ3v) is 12.1. The summed E-state index contributed by atoms with van der Waals surface area (Å²) in [4.78, 5) is 33.6. The van der Waals surface area contributed by atoms with E-state index in [-0.39, 0.29) is 65.4 Å². The Labute approximate surface area is 280 Å². The van der Waals surface area contributed by atoms with E-state index >= 15 is 4.39 Å². The molecule has 0 spiro atoms. The van der Waals surface area contributed by atoms with Crippen molar-refractivity contribution in [3.8, 4) is 17.2 Å². The Kier molecular flexibility index (Phi) is 6.67. The van der Waals surface area contributed by atoms with Crippen molar-refractivity contribution in [2.45, 2.75) is 69.6 Å². The van der Waals surface area contributed by atoms with E-state index in [1.54, 1.807) is 18.2 Å². The summed E-state index contributed by atoms with van der Waals surface area (Å²) in [5.41, 5.74) is 4.14. The summed E-state index contributed by atoms with van der Waals surface area (Å²) in [6.45, 7) is 3.05. The average molecular weight is 673 g/mol. The number of cyclic esters (lactones) is 1. The number of fused-ring (bicyclic) bond motifs is 6. The van der Waals surface area contributed by atoms with Crippen molar-refractivity contribution in [1.29, 1.82) is 5.26 Å². The van der Waals surface area contributed by atoms with Crippen molar-refractivity contribution < 1.29 is 18.7 Å². The molecule has 10 rings (SSSR count). The summed E-state index contributed by atoms with van der Waals surface area (Å²) >= 11 is 13.0. The number of carbonyl (C=O) groups excluding carboxylic acids is 2. The predicted molar refractivity (Wildman–Crippen MR) is 175 cm³/mol. The van der Waals surface area contributed by atoms with Gasteiger partial charge in [0.25, 0.3) is 0 Å². The van der Waals surface area contributed by atoms with Gasteiger partial charge in [0.2, 0.25) is 5.91 Å². The van der Waals surface area contributed by atoms with Gasteiger partial charge in [-0.25, -0.2) is 14.2 Å². The van der Waals surface area contributed by atoms with Crippen LogP contribution in [-0.2, 0) is 20.7 Å². The average Bonchev–Trinajstić information content (AvgIpc) is 3.35. The van der Waals surface area contributed by atoms with Crippen molar-refractivity contribution in [3.63, 3.8) is 0 Å². The molecule has 2 aromatic heterocycles. The van der Waals surface area contributed by atoms with E-state index in [9.17, 15) is 14.9 Å². The van der Waals surface area contributed by atoms with Crippen molar-refractivity contribution in [2.75, 3.05) is 13.2 Å². The Bertz CT molecular complexity index is 2070.